The Bertz CT molecular complexity index is 943. The lowest BCUT2D eigenvalue weighted by Gasteiger charge is -2.20. The maximum absolute atomic E-state index is 12.6. The van der Waals surface area contributed by atoms with Gasteiger partial charge in [-0.2, -0.15) is 0 Å². The van der Waals surface area contributed by atoms with E-state index in [0.717, 1.165) is 41.1 Å². The molecule has 3 aromatic rings. The minimum Gasteiger partial charge on any atom is -0.496 e. The molecule has 26 heavy (non-hydrogen) atoms. The number of methoxy groups -OCH3 is 1. The van der Waals surface area contributed by atoms with Gasteiger partial charge in [0, 0.05) is 36.3 Å². The number of rotatable bonds is 6. The number of ether oxygens (including phenoxy) is 1. The van der Waals surface area contributed by atoms with Crippen LogP contribution in [0.25, 0.3) is 5.65 Å². The molecular formula is C21H23N3O2. The third kappa shape index (κ3) is 3.29. The molecule has 2 heterocycles. The van der Waals surface area contributed by atoms with Gasteiger partial charge in [0.1, 0.15) is 11.4 Å². The van der Waals surface area contributed by atoms with Crippen LogP contribution in [-0.4, -0.2) is 28.4 Å². The number of benzene rings is 1. The van der Waals surface area contributed by atoms with Crippen molar-refractivity contribution in [1.29, 1.82) is 0 Å². The van der Waals surface area contributed by atoms with Gasteiger partial charge in [-0.25, -0.2) is 4.98 Å². The number of amides is 1. The molecule has 0 bridgehead atoms. The van der Waals surface area contributed by atoms with Crippen molar-refractivity contribution in [3.05, 3.63) is 65.6 Å². The first-order chi connectivity index (χ1) is 12.7. The molecule has 1 aliphatic carbocycles. The summed E-state index contributed by atoms with van der Waals surface area (Å²) >= 11 is 0. The van der Waals surface area contributed by atoms with Crippen molar-refractivity contribution in [3.63, 3.8) is 0 Å². The Balaban J connectivity index is 1.77. The standard InChI is InChI=1S/C21H23N3O2/c1-14-9-10-24-18(13-22-20(24)11-14)17(12-21(25)23-15-7-8-15)16-5-3-4-6-19(16)26-2/h3-6,9-11,13,15,17H,7-8,12H2,1-2H3,(H,23,25). The van der Waals surface area contributed by atoms with E-state index in [9.17, 15) is 4.79 Å². The highest BCUT2D eigenvalue weighted by Crippen LogP contribution is 2.35. The van der Waals surface area contributed by atoms with Crippen molar-refractivity contribution >= 4 is 11.6 Å². The Morgan fingerprint density at radius 1 is 1.35 bits per heavy atom. The van der Waals surface area contributed by atoms with E-state index in [-0.39, 0.29) is 11.8 Å². The van der Waals surface area contributed by atoms with Crippen LogP contribution in [0.2, 0.25) is 0 Å². The molecule has 1 unspecified atom stereocenters. The third-order valence-corrected chi connectivity index (χ3v) is 4.90. The topological polar surface area (TPSA) is 55.6 Å². The predicted octanol–water partition coefficient (Wildman–Crippen LogP) is 3.45. The molecule has 0 radical (unpaired) electrons. The van der Waals surface area contributed by atoms with Gasteiger partial charge in [0.25, 0.3) is 0 Å². The Morgan fingerprint density at radius 2 is 2.15 bits per heavy atom. The van der Waals surface area contributed by atoms with Gasteiger partial charge < -0.3 is 14.5 Å². The van der Waals surface area contributed by atoms with Crippen LogP contribution in [0.3, 0.4) is 0 Å². The number of aryl methyl sites for hydroxylation is 1. The molecule has 1 aromatic carbocycles. The number of para-hydroxylation sites is 1. The van der Waals surface area contributed by atoms with Gasteiger partial charge in [-0.15, -0.1) is 0 Å². The van der Waals surface area contributed by atoms with Crippen molar-refractivity contribution in [3.8, 4) is 5.75 Å². The van der Waals surface area contributed by atoms with Gasteiger partial charge in [-0.1, -0.05) is 18.2 Å². The van der Waals surface area contributed by atoms with E-state index in [4.69, 9.17) is 4.74 Å². The molecule has 1 N–H and O–H groups in total. The molecule has 1 atom stereocenters. The second-order valence-electron chi connectivity index (χ2n) is 6.96. The number of hydrogen-bond acceptors (Lipinski definition) is 3. The maximum Gasteiger partial charge on any atom is 0.221 e. The molecule has 2 aromatic heterocycles. The Morgan fingerprint density at radius 3 is 2.92 bits per heavy atom. The van der Waals surface area contributed by atoms with Gasteiger partial charge in [0.2, 0.25) is 5.91 Å². The van der Waals surface area contributed by atoms with Gasteiger partial charge in [0.05, 0.1) is 12.8 Å². The average molecular weight is 349 g/mol. The number of fused-ring (bicyclic) bond motifs is 1. The maximum atomic E-state index is 12.6. The molecule has 1 saturated carbocycles. The molecule has 1 fully saturated rings. The zero-order valence-corrected chi connectivity index (χ0v) is 15.1. The second-order valence-corrected chi connectivity index (χ2v) is 6.96. The lowest BCUT2D eigenvalue weighted by Crippen LogP contribution is -2.27. The van der Waals surface area contributed by atoms with E-state index >= 15 is 0 Å². The van der Waals surface area contributed by atoms with Crippen LogP contribution in [0, 0.1) is 6.92 Å². The van der Waals surface area contributed by atoms with Crippen molar-refractivity contribution in [2.75, 3.05) is 7.11 Å². The summed E-state index contributed by atoms with van der Waals surface area (Å²) in [6.07, 6.45) is 6.43. The molecule has 4 rings (SSSR count). The highest BCUT2D eigenvalue weighted by molar-refractivity contribution is 5.78. The third-order valence-electron chi connectivity index (χ3n) is 4.90. The monoisotopic (exact) mass is 349 g/mol. The Labute approximate surface area is 153 Å². The lowest BCUT2D eigenvalue weighted by molar-refractivity contribution is -0.121. The van der Waals surface area contributed by atoms with Gasteiger partial charge >= 0.3 is 0 Å². The molecule has 134 valence electrons. The van der Waals surface area contributed by atoms with Crippen LogP contribution >= 0.6 is 0 Å². The SMILES string of the molecule is COc1ccccc1C(CC(=O)NC1CC1)c1cnc2cc(C)ccn12. The van der Waals surface area contributed by atoms with Crippen molar-refractivity contribution < 1.29 is 9.53 Å². The van der Waals surface area contributed by atoms with Crippen LogP contribution in [0.15, 0.2) is 48.8 Å². The number of carbonyl (C=O) groups excluding carboxylic acids is 1. The number of nitrogens with zero attached hydrogens (tertiary/aromatic N) is 2. The van der Waals surface area contributed by atoms with E-state index in [2.05, 4.69) is 27.7 Å². The van der Waals surface area contributed by atoms with E-state index in [1.165, 1.54) is 0 Å². The normalized spacial score (nSPS) is 15.0. The summed E-state index contributed by atoms with van der Waals surface area (Å²) in [6.45, 7) is 2.05. The zero-order valence-electron chi connectivity index (χ0n) is 15.1. The van der Waals surface area contributed by atoms with Crippen molar-refractivity contribution in [2.24, 2.45) is 0 Å². The van der Waals surface area contributed by atoms with E-state index in [0.29, 0.717) is 12.5 Å². The molecule has 0 saturated heterocycles. The first kappa shape index (κ1) is 16.6. The highest BCUT2D eigenvalue weighted by atomic mass is 16.5. The second kappa shape index (κ2) is 6.83. The summed E-state index contributed by atoms with van der Waals surface area (Å²) in [5.74, 6) is 0.742. The molecule has 0 aliphatic heterocycles. The van der Waals surface area contributed by atoms with Gasteiger partial charge in [0.15, 0.2) is 0 Å². The summed E-state index contributed by atoms with van der Waals surface area (Å²) in [5.41, 5.74) is 4.05. The van der Waals surface area contributed by atoms with Gasteiger partial charge in [-0.3, -0.25) is 4.79 Å². The highest BCUT2D eigenvalue weighted by Gasteiger charge is 2.28. The van der Waals surface area contributed by atoms with E-state index in [1.54, 1.807) is 7.11 Å². The molecule has 5 nitrogen and oxygen atoms in total. The van der Waals surface area contributed by atoms with Crippen LogP contribution < -0.4 is 10.1 Å². The predicted molar refractivity (Wildman–Crippen MR) is 101 cm³/mol. The van der Waals surface area contributed by atoms with Crippen LogP contribution in [0.4, 0.5) is 0 Å². The summed E-state index contributed by atoms with van der Waals surface area (Å²) in [7, 11) is 1.66. The summed E-state index contributed by atoms with van der Waals surface area (Å²) in [6, 6.07) is 12.4. The van der Waals surface area contributed by atoms with E-state index < -0.39 is 0 Å². The Hall–Kier alpha value is -2.82. The molecule has 5 heteroatoms. The average Bonchev–Trinajstić information content (AvgIpc) is 3.36. The number of imidazole rings is 1. The first-order valence-electron chi connectivity index (χ1n) is 9.01. The summed E-state index contributed by atoms with van der Waals surface area (Å²) in [5, 5.41) is 3.10. The summed E-state index contributed by atoms with van der Waals surface area (Å²) < 4.78 is 7.63. The summed E-state index contributed by atoms with van der Waals surface area (Å²) in [4.78, 5) is 17.1. The number of carbonyl (C=O) groups is 1. The molecular weight excluding hydrogens is 326 g/mol. The van der Waals surface area contributed by atoms with Crippen LogP contribution in [-0.2, 0) is 4.79 Å². The fraction of sp³-hybridized carbons (Fsp3) is 0.333. The van der Waals surface area contributed by atoms with Crippen LogP contribution in [0.1, 0.15) is 42.0 Å². The number of hydrogen-bond donors (Lipinski definition) is 1. The van der Waals surface area contributed by atoms with Gasteiger partial charge in [-0.05, 0) is 43.5 Å². The molecule has 0 spiro atoms. The minimum absolute atomic E-state index is 0.0745. The Kier molecular flexibility index (Phi) is 4.37. The number of aromatic nitrogens is 2. The minimum atomic E-state index is -0.123. The van der Waals surface area contributed by atoms with Crippen LogP contribution in [0.5, 0.6) is 5.75 Å². The quantitative estimate of drug-likeness (QED) is 0.741. The van der Waals surface area contributed by atoms with Crippen molar-refractivity contribution in [2.45, 2.75) is 38.1 Å². The van der Waals surface area contributed by atoms with E-state index in [1.807, 2.05) is 42.7 Å². The fourth-order valence-electron chi connectivity index (χ4n) is 3.39. The number of nitrogens with one attached hydrogen (secondary N) is 1. The van der Waals surface area contributed by atoms with Crippen molar-refractivity contribution in [1.82, 2.24) is 14.7 Å². The zero-order chi connectivity index (χ0) is 18.1. The molecule has 1 amide bonds. The molecule has 1 aliphatic rings. The lowest BCUT2D eigenvalue weighted by atomic mass is 9.91. The number of pyridine rings is 1. The fourth-order valence-corrected chi connectivity index (χ4v) is 3.39. The first-order valence-corrected chi connectivity index (χ1v) is 9.01. The largest absolute Gasteiger partial charge is 0.496 e. The smallest absolute Gasteiger partial charge is 0.221 e.